The van der Waals surface area contributed by atoms with Crippen LogP contribution in [0.3, 0.4) is 0 Å². The van der Waals surface area contributed by atoms with Gasteiger partial charge in [0, 0.05) is 11.1 Å². The Balaban J connectivity index is 2.08. The first-order valence-corrected chi connectivity index (χ1v) is 8.43. The molecule has 1 heterocycles. The average molecular weight is 356 g/mol. The van der Waals surface area contributed by atoms with Crippen molar-refractivity contribution in [3.05, 3.63) is 59.4 Å². The van der Waals surface area contributed by atoms with Crippen LogP contribution >= 0.6 is 0 Å². The molecule has 1 radical (unpaired) electrons. The van der Waals surface area contributed by atoms with Crippen molar-refractivity contribution in [1.82, 2.24) is 9.38 Å². The topological polar surface area (TPSA) is 57.6 Å². The number of carbonyl (C=O) groups excluding carboxylic acids is 2. The molecule has 2 aromatic rings. The van der Waals surface area contributed by atoms with E-state index in [9.17, 15) is 19.1 Å². The zero-order valence-corrected chi connectivity index (χ0v) is 14.8. The van der Waals surface area contributed by atoms with E-state index in [2.05, 4.69) is 0 Å². The van der Waals surface area contributed by atoms with Crippen molar-refractivity contribution in [2.24, 2.45) is 0 Å². The largest absolute Gasteiger partial charge is 0.508 e. The molecule has 0 aliphatic carbocycles. The summed E-state index contributed by atoms with van der Waals surface area (Å²) < 4.78 is 14.3. The van der Waals surface area contributed by atoms with Gasteiger partial charge in [-0.15, -0.1) is 0 Å². The summed E-state index contributed by atoms with van der Waals surface area (Å²) >= 11 is 0. The third-order valence-corrected chi connectivity index (χ3v) is 5.27. The van der Waals surface area contributed by atoms with E-state index in [1.165, 1.54) is 23.1 Å². The summed E-state index contributed by atoms with van der Waals surface area (Å²) in [5.41, 5.74) is 1.57. The Hall–Kier alpha value is -2.73. The molecule has 3 rings (SSSR count). The van der Waals surface area contributed by atoms with Crippen LogP contribution in [0.1, 0.15) is 15.9 Å². The summed E-state index contributed by atoms with van der Waals surface area (Å²) in [6, 6.07) is 10.4. The third-order valence-electron chi connectivity index (χ3n) is 5.27. The normalized spacial score (nSPS) is 22.9. The maximum absolute atomic E-state index is 14.2. The first kappa shape index (κ1) is 18.1. The summed E-state index contributed by atoms with van der Waals surface area (Å²) in [6.07, 6.45) is 1.86. The van der Waals surface area contributed by atoms with Gasteiger partial charge in [-0.05, 0) is 31.2 Å². The van der Waals surface area contributed by atoms with E-state index in [0.717, 1.165) is 0 Å². The number of benzene rings is 2. The molecule has 26 heavy (non-hydrogen) atoms. The highest BCUT2D eigenvalue weighted by molar-refractivity contribution is 6.02. The van der Waals surface area contributed by atoms with Gasteiger partial charge in [-0.2, -0.15) is 0 Å². The quantitative estimate of drug-likeness (QED) is 0.676. The second kappa shape index (κ2) is 6.88. The van der Waals surface area contributed by atoms with Crippen molar-refractivity contribution in [2.75, 3.05) is 26.7 Å². The first-order valence-electron chi connectivity index (χ1n) is 8.43. The number of amides is 1. The van der Waals surface area contributed by atoms with Crippen LogP contribution in [0, 0.1) is 12.7 Å². The van der Waals surface area contributed by atoms with Gasteiger partial charge in [0.05, 0.1) is 20.1 Å². The Kier molecular flexibility index (Phi) is 4.78. The number of hydrogen-bond donors (Lipinski definition) is 1. The van der Waals surface area contributed by atoms with Gasteiger partial charge in [-0.1, -0.05) is 18.2 Å². The molecule has 0 spiro atoms. The molecule has 2 aromatic carbocycles. The maximum atomic E-state index is 14.2. The number of piperazine rings is 1. The van der Waals surface area contributed by atoms with E-state index < -0.39 is 6.04 Å². The van der Waals surface area contributed by atoms with E-state index in [1.807, 2.05) is 19.5 Å². The number of nitrogens with zero attached hydrogens (tertiary/aromatic N) is 2. The molecular formula is C20H21FN2O3+. The van der Waals surface area contributed by atoms with Crippen LogP contribution in [0.15, 0.2) is 42.5 Å². The molecule has 1 saturated heterocycles. The molecule has 1 aliphatic rings. The number of phenols is 1. The number of ketones is 1. The monoisotopic (exact) mass is 356 g/mol. The minimum atomic E-state index is -0.618. The van der Waals surface area contributed by atoms with Crippen molar-refractivity contribution in [2.45, 2.75) is 13.0 Å². The molecule has 6 heteroatoms. The third kappa shape index (κ3) is 3.08. The molecule has 1 amide bonds. The van der Waals surface area contributed by atoms with Gasteiger partial charge in [-0.25, -0.2) is 4.39 Å². The highest BCUT2D eigenvalue weighted by atomic mass is 19.1. The fraction of sp³-hybridized carbons (Fsp3) is 0.300. The smallest absolute Gasteiger partial charge is 0.312 e. The summed E-state index contributed by atoms with van der Waals surface area (Å²) in [7, 11) is 1.88. The van der Waals surface area contributed by atoms with E-state index >= 15 is 0 Å². The number of Topliss-reactive ketones (excluding diaryl/α,β-unsaturated/α-hetero) is 1. The number of hydrogen-bond acceptors (Lipinski definition) is 3. The number of phenolic OH excluding ortho intramolecular Hbond substituents is 1. The Bertz CT molecular complexity index is 855. The Morgan fingerprint density at radius 2 is 2.04 bits per heavy atom. The lowest BCUT2D eigenvalue weighted by Gasteiger charge is -2.46. The molecule has 1 aliphatic heterocycles. The van der Waals surface area contributed by atoms with Gasteiger partial charge in [-0.3, -0.25) is 14.1 Å². The van der Waals surface area contributed by atoms with Gasteiger partial charge in [0.15, 0.2) is 6.04 Å². The molecule has 0 aromatic heterocycles. The van der Waals surface area contributed by atoms with Gasteiger partial charge in [0.2, 0.25) is 5.78 Å². The fourth-order valence-electron chi connectivity index (χ4n) is 3.68. The lowest BCUT2D eigenvalue weighted by atomic mass is 9.96. The molecule has 135 valence electrons. The number of likely N-dealkylation sites (N-methyl/N-ethyl adjacent to an activating group) is 1. The number of rotatable bonds is 4. The van der Waals surface area contributed by atoms with E-state index in [1.54, 1.807) is 25.1 Å². The molecule has 1 fully saturated rings. The molecule has 0 unspecified atom stereocenters. The number of quaternary nitrogens is 1. The molecule has 0 bridgehead atoms. The molecule has 0 saturated carbocycles. The van der Waals surface area contributed by atoms with Gasteiger partial charge < -0.3 is 10.0 Å². The Morgan fingerprint density at radius 1 is 1.31 bits per heavy atom. The zero-order chi connectivity index (χ0) is 18.9. The van der Waals surface area contributed by atoms with Crippen molar-refractivity contribution >= 4 is 17.9 Å². The summed E-state index contributed by atoms with van der Waals surface area (Å²) in [5.74, 6) is -0.525. The number of aromatic hydroxyl groups is 1. The zero-order valence-electron chi connectivity index (χ0n) is 14.8. The van der Waals surface area contributed by atoms with Crippen molar-refractivity contribution in [3.63, 3.8) is 0 Å². The summed E-state index contributed by atoms with van der Waals surface area (Å²) in [4.78, 5) is 25.8. The van der Waals surface area contributed by atoms with Crippen LogP contribution in [0.5, 0.6) is 5.75 Å². The SMILES string of the molecule is Cc1c(F)cccc1[N@+]1(C)CCN([C]=O)C[C@@H]1C(=O)c1cccc(O)c1. The Labute approximate surface area is 151 Å². The van der Waals surface area contributed by atoms with Crippen molar-refractivity contribution in [3.8, 4) is 5.75 Å². The number of halogens is 1. The van der Waals surface area contributed by atoms with Crippen molar-refractivity contribution < 1.29 is 19.1 Å². The van der Waals surface area contributed by atoms with E-state index in [4.69, 9.17) is 0 Å². The van der Waals surface area contributed by atoms with Crippen LogP contribution in [-0.2, 0) is 4.79 Å². The second-order valence-corrected chi connectivity index (χ2v) is 6.84. The minimum Gasteiger partial charge on any atom is -0.508 e. The predicted octanol–water partition coefficient (Wildman–Crippen LogP) is 2.41. The van der Waals surface area contributed by atoms with Crippen LogP contribution in [-0.4, -0.2) is 54.9 Å². The number of carbonyl (C=O) groups is 1. The maximum Gasteiger partial charge on any atom is 0.312 e. The van der Waals surface area contributed by atoms with Crippen LogP contribution < -0.4 is 4.48 Å². The lowest BCUT2D eigenvalue weighted by Crippen LogP contribution is -2.67. The van der Waals surface area contributed by atoms with Gasteiger partial charge in [0.25, 0.3) is 0 Å². The molecule has 2 atom stereocenters. The highest BCUT2D eigenvalue weighted by Gasteiger charge is 2.46. The van der Waals surface area contributed by atoms with Crippen LogP contribution in [0.4, 0.5) is 10.1 Å². The first-order chi connectivity index (χ1) is 12.4. The van der Waals surface area contributed by atoms with E-state index in [0.29, 0.717) is 29.9 Å². The average Bonchev–Trinajstić information content (AvgIpc) is 2.63. The summed E-state index contributed by atoms with van der Waals surface area (Å²) in [5, 5.41) is 9.71. The van der Waals surface area contributed by atoms with Crippen LogP contribution in [0.2, 0.25) is 0 Å². The van der Waals surface area contributed by atoms with Crippen LogP contribution in [0.25, 0.3) is 0 Å². The molecular weight excluding hydrogens is 335 g/mol. The predicted molar refractivity (Wildman–Crippen MR) is 97.2 cm³/mol. The van der Waals surface area contributed by atoms with Gasteiger partial charge in [0.1, 0.15) is 23.8 Å². The standard InChI is InChI=1S/C20H20FN2O3/c1-14-17(21)7-4-8-18(14)23(2)10-9-22(13-24)12-19(23)20(26)15-5-3-6-16(25)11-15/h3-8,11,19H,9-10,12H2,1-2H3/p+1/t19-,23+/m1/s1. The van der Waals surface area contributed by atoms with Gasteiger partial charge >= 0.3 is 6.41 Å². The van der Waals surface area contributed by atoms with E-state index in [-0.39, 0.29) is 28.4 Å². The fourth-order valence-corrected chi connectivity index (χ4v) is 3.68. The lowest BCUT2D eigenvalue weighted by molar-refractivity contribution is 0.0747. The second-order valence-electron chi connectivity index (χ2n) is 6.84. The van der Waals surface area contributed by atoms with Crippen molar-refractivity contribution in [1.29, 1.82) is 0 Å². The Morgan fingerprint density at radius 3 is 2.73 bits per heavy atom. The highest BCUT2D eigenvalue weighted by Crippen LogP contribution is 2.33. The molecule has 5 nitrogen and oxygen atoms in total. The summed E-state index contributed by atoms with van der Waals surface area (Å²) in [6.45, 7) is 2.78. The minimum absolute atomic E-state index is 0.00149. The molecule has 1 N–H and O–H groups in total.